The van der Waals surface area contributed by atoms with Gasteiger partial charge in [-0.2, -0.15) is 0 Å². The van der Waals surface area contributed by atoms with Crippen molar-refractivity contribution in [3.63, 3.8) is 0 Å². The summed E-state index contributed by atoms with van der Waals surface area (Å²) in [4.78, 5) is 9.69. The average molecular weight is 182 g/mol. The molecule has 1 atom stereocenters. The Hall–Kier alpha value is -0.480. The van der Waals surface area contributed by atoms with Crippen LogP contribution in [0.3, 0.4) is 0 Å². The summed E-state index contributed by atoms with van der Waals surface area (Å²) < 4.78 is 4.30. The summed E-state index contributed by atoms with van der Waals surface area (Å²) >= 11 is 5.70. The molecule has 0 aliphatic rings. The predicted octanol–water partition coefficient (Wildman–Crippen LogP) is 0.332. The zero-order chi connectivity index (χ0) is 8.91. The molecule has 0 spiro atoms. The summed E-state index contributed by atoms with van der Waals surface area (Å²) in [5.41, 5.74) is 0. The second kappa shape index (κ2) is 4.41. The lowest BCUT2D eigenvalue weighted by molar-refractivity contribution is 0.167. The molecular formula is C6H12ClNO3. The second-order valence-corrected chi connectivity index (χ2v) is 3.33. The SMILES string of the molecule is COC(=O)NC[C@](C)(Cl)CO. The van der Waals surface area contributed by atoms with Gasteiger partial charge in [0.05, 0.1) is 18.6 Å². The maximum atomic E-state index is 10.5. The number of hydrogen-bond acceptors (Lipinski definition) is 3. The Morgan fingerprint density at radius 2 is 2.36 bits per heavy atom. The second-order valence-electron chi connectivity index (χ2n) is 2.42. The van der Waals surface area contributed by atoms with Gasteiger partial charge in [-0.05, 0) is 6.92 Å². The van der Waals surface area contributed by atoms with Gasteiger partial charge in [-0.3, -0.25) is 0 Å². The van der Waals surface area contributed by atoms with Gasteiger partial charge in [0.2, 0.25) is 0 Å². The fourth-order valence-corrected chi connectivity index (χ4v) is 0.451. The highest BCUT2D eigenvalue weighted by Crippen LogP contribution is 2.10. The van der Waals surface area contributed by atoms with Crippen molar-refractivity contribution in [3.8, 4) is 0 Å². The molecule has 1 amide bonds. The first-order valence-electron chi connectivity index (χ1n) is 3.13. The third-order valence-corrected chi connectivity index (χ3v) is 1.37. The van der Waals surface area contributed by atoms with Crippen LogP contribution in [0.5, 0.6) is 0 Å². The Morgan fingerprint density at radius 3 is 2.73 bits per heavy atom. The number of halogens is 1. The maximum Gasteiger partial charge on any atom is 0.406 e. The van der Waals surface area contributed by atoms with Crippen LogP contribution in [0.4, 0.5) is 4.79 Å². The number of alkyl halides is 1. The van der Waals surface area contributed by atoms with Gasteiger partial charge in [0.25, 0.3) is 0 Å². The molecule has 0 aliphatic heterocycles. The molecule has 0 aromatic heterocycles. The first kappa shape index (κ1) is 10.5. The van der Waals surface area contributed by atoms with Crippen LogP contribution in [-0.4, -0.2) is 36.3 Å². The third kappa shape index (κ3) is 4.86. The maximum absolute atomic E-state index is 10.5. The molecule has 0 radical (unpaired) electrons. The highest BCUT2D eigenvalue weighted by atomic mass is 35.5. The van der Waals surface area contributed by atoms with Crippen molar-refractivity contribution in [3.05, 3.63) is 0 Å². The zero-order valence-electron chi connectivity index (χ0n) is 6.56. The summed E-state index contributed by atoms with van der Waals surface area (Å²) in [6.07, 6.45) is -0.551. The molecule has 0 aromatic rings. The molecular weight excluding hydrogens is 170 g/mol. The minimum absolute atomic E-state index is 0.178. The van der Waals surface area contributed by atoms with E-state index in [4.69, 9.17) is 16.7 Å². The molecule has 0 heterocycles. The van der Waals surface area contributed by atoms with Gasteiger partial charge in [0, 0.05) is 6.54 Å². The molecule has 0 saturated carbocycles. The number of carbonyl (C=O) groups is 1. The number of aliphatic hydroxyl groups is 1. The molecule has 0 fully saturated rings. The fourth-order valence-electron chi connectivity index (χ4n) is 0.385. The number of alkyl carbamates (subject to hydrolysis) is 1. The van der Waals surface area contributed by atoms with E-state index in [0.29, 0.717) is 0 Å². The van der Waals surface area contributed by atoms with E-state index in [1.54, 1.807) is 6.92 Å². The van der Waals surface area contributed by atoms with Crippen molar-refractivity contribution in [2.75, 3.05) is 20.3 Å². The van der Waals surface area contributed by atoms with E-state index in [1.807, 2.05) is 0 Å². The van der Waals surface area contributed by atoms with Crippen LogP contribution in [0.25, 0.3) is 0 Å². The Morgan fingerprint density at radius 1 is 1.82 bits per heavy atom. The molecule has 4 nitrogen and oxygen atoms in total. The zero-order valence-corrected chi connectivity index (χ0v) is 7.31. The van der Waals surface area contributed by atoms with Gasteiger partial charge >= 0.3 is 6.09 Å². The van der Waals surface area contributed by atoms with E-state index in [1.165, 1.54) is 7.11 Å². The van der Waals surface area contributed by atoms with Crippen molar-refractivity contribution >= 4 is 17.7 Å². The molecule has 5 heteroatoms. The van der Waals surface area contributed by atoms with Crippen LogP contribution in [0.2, 0.25) is 0 Å². The molecule has 2 N–H and O–H groups in total. The van der Waals surface area contributed by atoms with E-state index >= 15 is 0 Å². The van der Waals surface area contributed by atoms with Crippen LogP contribution >= 0.6 is 11.6 Å². The highest BCUT2D eigenvalue weighted by molar-refractivity contribution is 6.24. The van der Waals surface area contributed by atoms with Crippen LogP contribution in [0, 0.1) is 0 Å². The van der Waals surface area contributed by atoms with E-state index in [2.05, 4.69) is 10.1 Å². The number of amides is 1. The molecule has 0 saturated heterocycles. The number of ether oxygens (including phenoxy) is 1. The Balaban J connectivity index is 3.61. The number of aliphatic hydroxyl groups excluding tert-OH is 1. The third-order valence-electron chi connectivity index (χ3n) is 1.12. The lowest BCUT2D eigenvalue weighted by Gasteiger charge is -2.18. The normalized spacial score (nSPS) is 15.3. The Labute approximate surface area is 70.5 Å². The number of rotatable bonds is 3. The van der Waals surface area contributed by atoms with Gasteiger partial charge < -0.3 is 15.2 Å². The highest BCUT2D eigenvalue weighted by Gasteiger charge is 2.20. The summed E-state index contributed by atoms with van der Waals surface area (Å²) in [6.45, 7) is 1.60. The minimum Gasteiger partial charge on any atom is -0.453 e. The molecule has 0 aliphatic carbocycles. The Kier molecular flexibility index (Phi) is 4.22. The summed E-state index contributed by atoms with van der Waals surface area (Å²) in [6, 6.07) is 0. The Bertz CT molecular complexity index is 138. The van der Waals surface area contributed by atoms with Crippen molar-refractivity contribution in [1.29, 1.82) is 0 Å². The van der Waals surface area contributed by atoms with E-state index in [0.717, 1.165) is 0 Å². The van der Waals surface area contributed by atoms with Gasteiger partial charge in [-0.1, -0.05) is 0 Å². The fraction of sp³-hybridized carbons (Fsp3) is 0.833. The first-order valence-corrected chi connectivity index (χ1v) is 3.51. The van der Waals surface area contributed by atoms with Crippen LogP contribution < -0.4 is 5.32 Å². The average Bonchev–Trinajstić information content (AvgIpc) is 2.00. The number of carbonyl (C=O) groups excluding carboxylic acids is 1. The van der Waals surface area contributed by atoms with Crippen molar-refractivity contribution < 1.29 is 14.6 Å². The van der Waals surface area contributed by atoms with Gasteiger partial charge in [-0.15, -0.1) is 11.6 Å². The van der Waals surface area contributed by atoms with E-state index < -0.39 is 11.0 Å². The predicted molar refractivity (Wildman–Crippen MR) is 41.8 cm³/mol. The summed E-state index contributed by atoms with van der Waals surface area (Å²) in [7, 11) is 1.26. The smallest absolute Gasteiger partial charge is 0.406 e. The van der Waals surface area contributed by atoms with Gasteiger partial charge in [0.1, 0.15) is 0 Å². The largest absolute Gasteiger partial charge is 0.453 e. The minimum atomic E-state index is -0.811. The number of nitrogens with one attached hydrogen (secondary N) is 1. The van der Waals surface area contributed by atoms with Crippen molar-refractivity contribution in [2.45, 2.75) is 11.8 Å². The lowest BCUT2D eigenvalue weighted by atomic mass is 10.2. The van der Waals surface area contributed by atoms with E-state index in [-0.39, 0.29) is 13.2 Å². The van der Waals surface area contributed by atoms with Crippen molar-refractivity contribution in [1.82, 2.24) is 5.32 Å². The lowest BCUT2D eigenvalue weighted by Crippen LogP contribution is -2.39. The number of hydrogen-bond donors (Lipinski definition) is 2. The van der Waals surface area contributed by atoms with Crippen LogP contribution in [0.15, 0.2) is 0 Å². The summed E-state index contributed by atoms with van der Waals surface area (Å²) in [5, 5.41) is 11.0. The van der Waals surface area contributed by atoms with E-state index in [9.17, 15) is 4.79 Å². The topological polar surface area (TPSA) is 58.6 Å². The summed E-state index contributed by atoms with van der Waals surface area (Å²) in [5.74, 6) is 0. The molecule has 0 bridgehead atoms. The molecule has 0 unspecified atom stereocenters. The van der Waals surface area contributed by atoms with Gasteiger partial charge in [0.15, 0.2) is 0 Å². The standard InChI is InChI=1S/C6H12ClNO3/c1-6(7,4-9)3-8-5(10)11-2/h9H,3-4H2,1-2H3,(H,8,10)/t6-/m0/s1. The molecule has 11 heavy (non-hydrogen) atoms. The van der Waals surface area contributed by atoms with Gasteiger partial charge in [-0.25, -0.2) is 4.79 Å². The molecule has 0 rings (SSSR count). The van der Waals surface area contributed by atoms with Crippen molar-refractivity contribution in [2.24, 2.45) is 0 Å². The monoisotopic (exact) mass is 181 g/mol. The quantitative estimate of drug-likeness (QED) is 0.617. The first-order chi connectivity index (χ1) is 5.02. The molecule has 66 valence electrons. The molecule has 0 aromatic carbocycles. The number of methoxy groups -OCH3 is 1. The van der Waals surface area contributed by atoms with Crippen LogP contribution in [0.1, 0.15) is 6.92 Å². The van der Waals surface area contributed by atoms with Crippen LogP contribution in [-0.2, 0) is 4.74 Å².